The quantitative estimate of drug-likeness (QED) is 0.479. The highest BCUT2D eigenvalue weighted by atomic mass is 16.3. The molecule has 1 aromatic carbocycles. The average Bonchev–Trinajstić information content (AvgIpc) is 2.80. The molecule has 0 spiro atoms. The Balaban J connectivity index is 1.83. The largest absolute Gasteiger partial charge is 0.395 e. The van der Waals surface area contributed by atoms with Gasteiger partial charge in [0.1, 0.15) is 6.04 Å². The SMILES string of the molecule is O=C1CCC(N2C(=O)c3ccc(CNCCO)cc3C2=O)C(=O)N1. The Morgan fingerprint density at radius 3 is 2.62 bits per heavy atom. The van der Waals surface area contributed by atoms with E-state index in [0.717, 1.165) is 10.5 Å². The van der Waals surface area contributed by atoms with Crippen LogP contribution in [0.2, 0.25) is 0 Å². The topological polar surface area (TPSA) is 116 Å². The molecular formula is C16H17N3O5. The van der Waals surface area contributed by atoms with Crippen molar-refractivity contribution in [1.29, 1.82) is 0 Å². The first-order chi connectivity index (χ1) is 11.5. The Morgan fingerprint density at radius 1 is 1.17 bits per heavy atom. The second kappa shape index (κ2) is 6.50. The molecule has 1 aromatic rings. The van der Waals surface area contributed by atoms with Crippen molar-refractivity contribution in [1.82, 2.24) is 15.5 Å². The Kier molecular flexibility index (Phi) is 4.41. The van der Waals surface area contributed by atoms with Gasteiger partial charge in [-0.15, -0.1) is 0 Å². The number of carbonyl (C=O) groups is 4. The molecule has 2 heterocycles. The Labute approximate surface area is 137 Å². The summed E-state index contributed by atoms with van der Waals surface area (Å²) in [4.78, 5) is 49.2. The highest BCUT2D eigenvalue weighted by molar-refractivity contribution is 6.23. The smallest absolute Gasteiger partial charge is 0.262 e. The third-order valence-electron chi connectivity index (χ3n) is 4.12. The van der Waals surface area contributed by atoms with Crippen LogP contribution < -0.4 is 10.6 Å². The molecule has 2 aliphatic rings. The summed E-state index contributed by atoms with van der Waals surface area (Å²) >= 11 is 0. The summed E-state index contributed by atoms with van der Waals surface area (Å²) in [5.41, 5.74) is 1.32. The summed E-state index contributed by atoms with van der Waals surface area (Å²) < 4.78 is 0. The molecule has 8 nitrogen and oxygen atoms in total. The van der Waals surface area contributed by atoms with Crippen LogP contribution >= 0.6 is 0 Å². The minimum Gasteiger partial charge on any atom is -0.395 e. The van der Waals surface area contributed by atoms with Gasteiger partial charge in [0.25, 0.3) is 11.8 Å². The fourth-order valence-corrected chi connectivity index (χ4v) is 2.94. The standard InChI is InChI=1S/C16H17N3O5/c20-6-5-17-8-9-1-2-10-11(7-9)16(24)19(15(10)23)12-3-4-13(21)18-14(12)22/h1-2,7,12,17,20H,3-6,8H2,(H,18,21,22). The van der Waals surface area contributed by atoms with Crippen molar-refractivity contribution in [3.8, 4) is 0 Å². The maximum atomic E-state index is 12.6. The van der Waals surface area contributed by atoms with Crippen LogP contribution in [0.4, 0.5) is 0 Å². The molecule has 1 fully saturated rings. The van der Waals surface area contributed by atoms with Crippen molar-refractivity contribution in [2.75, 3.05) is 13.2 Å². The maximum Gasteiger partial charge on any atom is 0.262 e. The molecule has 1 unspecified atom stereocenters. The number of fused-ring (bicyclic) bond motifs is 1. The molecule has 3 N–H and O–H groups in total. The first-order valence-corrected chi connectivity index (χ1v) is 7.69. The van der Waals surface area contributed by atoms with E-state index in [1.165, 1.54) is 0 Å². The summed E-state index contributed by atoms with van der Waals surface area (Å²) in [5, 5.41) is 13.9. The van der Waals surface area contributed by atoms with Gasteiger partial charge in [0.15, 0.2) is 0 Å². The number of benzene rings is 1. The zero-order valence-corrected chi connectivity index (χ0v) is 12.9. The van der Waals surface area contributed by atoms with Gasteiger partial charge >= 0.3 is 0 Å². The minimum absolute atomic E-state index is 0.00560. The maximum absolute atomic E-state index is 12.6. The normalized spacial score (nSPS) is 20.4. The molecule has 8 heteroatoms. The molecule has 0 radical (unpaired) electrons. The Morgan fingerprint density at radius 2 is 1.92 bits per heavy atom. The number of aliphatic hydroxyl groups is 1. The number of nitrogens with one attached hydrogen (secondary N) is 2. The van der Waals surface area contributed by atoms with Crippen LogP contribution in [0.5, 0.6) is 0 Å². The predicted octanol–water partition coefficient (Wildman–Crippen LogP) is -0.830. The lowest BCUT2D eigenvalue weighted by molar-refractivity contribution is -0.136. The minimum atomic E-state index is -0.953. The molecule has 1 saturated heterocycles. The number of carbonyl (C=O) groups excluding carboxylic acids is 4. The third kappa shape index (κ3) is 2.81. The second-order valence-electron chi connectivity index (χ2n) is 5.73. The fourth-order valence-electron chi connectivity index (χ4n) is 2.94. The number of rotatable bonds is 5. The highest BCUT2D eigenvalue weighted by Crippen LogP contribution is 2.28. The molecule has 0 aliphatic carbocycles. The summed E-state index contributed by atoms with van der Waals surface area (Å²) in [6.45, 7) is 0.881. The van der Waals surface area contributed by atoms with E-state index in [1.807, 2.05) is 0 Å². The van der Waals surface area contributed by atoms with E-state index in [4.69, 9.17) is 5.11 Å². The van der Waals surface area contributed by atoms with Crippen LogP contribution in [-0.4, -0.2) is 52.8 Å². The van der Waals surface area contributed by atoms with Crippen molar-refractivity contribution in [3.05, 3.63) is 34.9 Å². The Bertz CT molecular complexity index is 730. The van der Waals surface area contributed by atoms with E-state index in [9.17, 15) is 19.2 Å². The number of amides is 4. The van der Waals surface area contributed by atoms with E-state index in [1.54, 1.807) is 18.2 Å². The van der Waals surface area contributed by atoms with Gasteiger partial charge in [-0.2, -0.15) is 0 Å². The van der Waals surface area contributed by atoms with E-state index in [0.29, 0.717) is 13.1 Å². The lowest BCUT2D eigenvalue weighted by atomic mass is 10.0. The number of hydrogen-bond donors (Lipinski definition) is 3. The van der Waals surface area contributed by atoms with Crippen molar-refractivity contribution >= 4 is 23.6 Å². The number of piperidine rings is 1. The molecule has 1 atom stereocenters. The molecule has 126 valence electrons. The number of imide groups is 2. The fraction of sp³-hybridized carbons (Fsp3) is 0.375. The number of nitrogens with zero attached hydrogens (tertiary/aromatic N) is 1. The summed E-state index contributed by atoms with van der Waals surface area (Å²) in [5.74, 6) is -2.05. The van der Waals surface area contributed by atoms with Gasteiger partial charge in [-0.3, -0.25) is 29.4 Å². The first-order valence-electron chi connectivity index (χ1n) is 7.69. The number of hydrogen-bond acceptors (Lipinski definition) is 6. The van der Waals surface area contributed by atoms with Gasteiger partial charge in [0.05, 0.1) is 17.7 Å². The van der Waals surface area contributed by atoms with Gasteiger partial charge in [0, 0.05) is 19.5 Å². The lowest BCUT2D eigenvalue weighted by Crippen LogP contribution is -2.54. The molecule has 0 bridgehead atoms. The molecule has 4 amide bonds. The van der Waals surface area contributed by atoms with Crippen LogP contribution in [0.1, 0.15) is 39.1 Å². The Hall–Kier alpha value is -2.58. The van der Waals surface area contributed by atoms with Crippen LogP contribution in [0.3, 0.4) is 0 Å². The third-order valence-corrected chi connectivity index (χ3v) is 4.12. The summed E-state index contributed by atoms with van der Waals surface area (Å²) in [6.07, 6.45) is 0.237. The van der Waals surface area contributed by atoms with Crippen LogP contribution in [0.25, 0.3) is 0 Å². The van der Waals surface area contributed by atoms with Gasteiger partial charge in [-0.25, -0.2) is 0 Å². The van der Waals surface area contributed by atoms with Crippen LogP contribution in [-0.2, 0) is 16.1 Å². The van der Waals surface area contributed by atoms with Gasteiger partial charge < -0.3 is 10.4 Å². The van der Waals surface area contributed by atoms with Gasteiger partial charge in [-0.05, 0) is 24.1 Å². The van der Waals surface area contributed by atoms with E-state index >= 15 is 0 Å². The first kappa shape index (κ1) is 16.3. The van der Waals surface area contributed by atoms with Crippen LogP contribution in [0, 0.1) is 0 Å². The monoisotopic (exact) mass is 331 g/mol. The molecule has 0 aromatic heterocycles. The summed E-state index contributed by atoms with van der Waals surface area (Å²) in [6, 6.07) is 3.96. The molecular weight excluding hydrogens is 314 g/mol. The predicted molar refractivity (Wildman–Crippen MR) is 81.9 cm³/mol. The molecule has 2 aliphatic heterocycles. The van der Waals surface area contributed by atoms with Crippen molar-refractivity contribution in [2.24, 2.45) is 0 Å². The number of aliphatic hydroxyl groups excluding tert-OH is 1. The zero-order chi connectivity index (χ0) is 17.3. The van der Waals surface area contributed by atoms with E-state index in [2.05, 4.69) is 10.6 Å². The second-order valence-corrected chi connectivity index (χ2v) is 5.73. The van der Waals surface area contributed by atoms with Crippen LogP contribution in [0.15, 0.2) is 18.2 Å². The van der Waals surface area contributed by atoms with Crippen molar-refractivity contribution < 1.29 is 24.3 Å². The lowest BCUT2D eigenvalue weighted by Gasteiger charge is -2.27. The van der Waals surface area contributed by atoms with E-state index in [-0.39, 0.29) is 30.6 Å². The molecule has 0 saturated carbocycles. The highest BCUT2D eigenvalue weighted by Gasteiger charge is 2.44. The molecule has 3 rings (SSSR count). The molecule has 24 heavy (non-hydrogen) atoms. The van der Waals surface area contributed by atoms with E-state index < -0.39 is 29.7 Å². The van der Waals surface area contributed by atoms with Gasteiger partial charge in [-0.1, -0.05) is 6.07 Å². The van der Waals surface area contributed by atoms with Crippen molar-refractivity contribution in [2.45, 2.75) is 25.4 Å². The average molecular weight is 331 g/mol. The summed E-state index contributed by atoms with van der Waals surface area (Å²) in [7, 11) is 0. The van der Waals surface area contributed by atoms with Gasteiger partial charge in [0.2, 0.25) is 11.8 Å². The zero-order valence-electron chi connectivity index (χ0n) is 12.9. The van der Waals surface area contributed by atoms with Crippen molar-refractivity contribution in [3.63, 3.8) is 0 Å².